The summed E-state index contributed by atoms with van der Waals surface area (Å²) in [6, 6.07) is 0. The highest BCUT2D eigenvalue weighted by atomic mass is 16.5. The maximum absolute atomic E-state index is 12.1. The van der Waals surface area contributed by atoms with Gasteiger partial charge in [0.1, 0.15) is 0 Å². The smallest absolute Gasteiger partial charge is 0.311 e. The Kier molecular flexibility index (Phi) is 22.3. The molecular formula is C28H55NO3. The minimum absolute atomic E-state index is 0.125. The zero-order valence-corrected chi connectivity index (χ0v) is 22.1. The summed E-state index contributed by atoms with van der Waals surface area (Å²) in [6.45, 7) is 10.3. The van der Waals surface area contributed by atoms with Crippen LogP contribution in [0.2, 0.25) is 0 Å². The average Bonchev–Trinajstić information content (AvgIpc) is 3.18. The molecule has 0 aromatic carbocycles. The molecule has 0 aromatic heterocycles. The second-order valence-corrected chi connectivity index (χ2v) is 9.21. The van der Waals surface area contributed by atoms with Crippen molar-refractivity contribution in [2.45, 2.75) is 143 Å². The molecule has 1 rings (SSSR count). The fourth-order valence-corrected chi connectivity index (χ4v) is 4.29. The molecule has 1 fully saturated rings. The van der Waals surface area contributed by atoms with Gasteiger partial charge < -0.3 is 9.64 Å². The van der Waals surface area contributed by atoms with Gasteiger partial charge in [0.15, 0.2) is 0 Å². The molecule has 1 aliphatic heterocycles. The van der Waals surface area contributed by atoms with E-state index in [4.69, 9.17) is 4.74 Å². The third-order valence-corrected chi connectivity index (χ3v) is 6.32. The summed E-state index contributed by atoms with van der Waals surface area (Å²) < 4.78 is 5.33. The van der Waals surface area contributed by atoms with Gasteiger partial charge in [0.2, 0.25) is 5.91 Å². The van der Waals surface area contributed by atoms with Crippen molar-refractivity contribution in [3.63, 3.8) is 0 Å². The van der Waals surface area contributed by atoms with Gasteiger partial charge in [-0.2, -0.15) is 0 Å². The van der Waals surface area contributed by atoms with E-state index in [1.54, 1.807) is 0 Å². The predicted molar refractivity (Wildman–Crippen MR) is 137 cm³/mol. The van der Waals surface area contributed by atoms with Crippen molar-refractivity contribution >= 4 is 11.9 Å². The van der Waals surface area contributed by atoms with Crippen LogP contribution < -0.4 is 0 Å². The SMILES string of the molecule is CC.CCCCCCCCCCCCCCCCN1CC(C(=O)OCCCCC)CC1=O. The predicted octanol–water partition coefficient (Wildman–Crippen LogP) is 8.08. The summed E-state index contributed by atoms with van der Waals surface area (Å²) in [5, 5.41) is 0. The van der Waals surface area contributed by atoms with E-state index >= 15 is 0 Å². The molecule has 4 heteroatoms. The zero-order valence-electron chi connectivity index (χ0n) is 22.1. The molecule has 0 radical (unpaired) electrons. The van der Waals surface area contributed by atoms with Crippen LogP contribution in [0.3, 0.4) is 0 Å². The molecule has 1 aliphatic rings. The van der Waals surface area contributed by atoms with Gasteiger partial charge in [-0.05, 0) is 12.8 Å². The van der Waals surface area contributed by atoms with Crippen molar-refractivity contribution in [1.82, 2.24) is 4.90 Å². The number of carbonyl (C=O) groups excluding carboxylic acids is 2. The number of amides is 1. The van der Waals surface area contributed by atoms with Gasteiger partial charge in [0, 0.05) is 19.5 Å². The van der Waals surface area contributed by atoms with Crippen LogP contribution in [0, 0.1) is 5.92 Å². The number of hydrogen-bond acceptors (Lipinski definition) is 3. The molecule has 1 heterocycles. The minimum Gasteiger partial charge on any atom is -0.465 e. The normalized spacial score (nSPS) is 15.6. The van der Waals surface area contributed by atoms with Crippen LogP contribution in [-0.2, 0) is 14.3 Å². The molecule has 0 aliphatic carbocycles. The van der Waals surface area contributed by atoms with E-state index in [0.29, 0.717) is 19.6 Å². The van der Waals surface area contributed by atoms with Gasteiger partial charge in [-0.15, -0.1) is 0 Å². The lowest BCUT2D eigenvalue weighted by molar-refractivity contribution is -0.148. The maximum Gasteiger partial charge on any atom is 0.311 e. The third kappa shape index (κ3) is 16.6. The van der Waals surface area contributed by atoms with Crippen LogP contribution in [0.15, 0.2) is 0 Å². The van der Waals surface area contributed by atoms with Gasteiger partial charge >= 0.3 is 5.97 Å². The van der Waals surface area contributed by atoms with E-state index in [1.807, 2.05) is 18.7 Å². The Morgan fingerprint density at radius 3 is 1.69 bits per heavy atom. The lowest BCUT2D eigenvalue weighted by atomic mass is 10.0. The Morgan fingerprint density at radius 1 is 0.750 bits per heavy atom. The van der Waals surface area contributed by atoms with Crippen molar-refractivity contribution < 1.29 is 14.3 Å². The van der Waals surface area contributed by atoms with Crippen molar-refractivity contribution in [3.05, 3.63) is 0 Å². The molecule has 1 saturated heterocycles. The van der Waals surface area contributed by atoms with Crippen LogP contribution in [0.25, 0.3) is 0 Å². The number of carbonyl (C=O) groups is 2. The van der Waals surface area contributed by atoms with Gasteiger partial charge in [0.25, 0.3) is 0 Å². The van der Waals surface area contributed by atoms with Gasteiger partial charge in [0.05, 0.1) is 12.5 Å². The summed E-state index contributed by atoms with van der Waals surface area (Å²) in [7, 11) is 0. The van der Waals surface area contributed by atoms with Gasteiger partial charge in [-0.1, -0.05) is 124 Å². The number of nitrogens with zero attached hydrogens (tertiary/aromatic N) is 1. The number of hydrogen-bond donors (Lipinski definition) is 0. The highest BCUT2D eigenvalue weighted by Gasteiger charge is 2.34. The lowest BCUT2D eigenvalue weighted by Crippen LogP contribution is -2.27. The fourth-order valence-electron chi connectivity index (χ4n) is 4.29. The first kappa shape index (κ1) is 30.9. The average molecular weight is 454 g/mol. The van der Waals surface area contributed by atoms with Crippen LogP contribution in [0.1, 0.15) is 143 Å². The highest BCUT2D eigenvalue weighted by Crippen LogP contribution is 2.20. The Labute approximate surface area is 200 Å². The van der Waals surface area contributed by atoms with Crippen molar-refractivity contribution in [2.24, 2.45) is 5.92 Å². The summed E-state index contributed by atoms with van der Waals surface area (Å²) in [6.07, 6.45) is 22.2. The van der Waals surface area contributed by atoms with E-state index in [2.05, 4.69) is 13.8 Å². The fraction of sp³-hybridized carbons (Fsp3) is 0.929. The Morgan fingerprint density at radius 2 is 1.19 bits per heavy atom. The van der Waals surface area contributed by atoms with Gasteiger partial charge in [-0.25, -0.2) is 0 Å². The molecule has 0 aromatic rings. The molecule has 0 saturated carbocycles. The van der Waals surface area contributed by atoms with Gasteiger partial charge in [-0.3, -0.25) is 9.59 Å². The Hall–Kier alpha value is -1.06. The van der Waals surface area contributed by atoms with E-state index in [9.17, 15) is 9.59 Å². The first-order valence-corrected chi connectivity index (χ1v) is 14.1. The monoisotopic (exact) mass is 453 g/mol. The second-order valence-electron chi connectivity index (χ2n) is 9.21. The van der Waals surface area contributed by atoms with Crippen molar-refractivity contribution in [1.29, 1.82) is 0 Å². The van der Waals surface area contributed by atoms with Crippen molar-refractivity contribution in [2.75, 3.05) is 19.7 Å². The molecular weight excluding hydrogens is 398 g/mol. The Balaban J connectivity index is 0.00000466. The van der Waals surface area contributed by atoms with E-state index in [0.717, 1.165) is 32.2 Å². The first-order chi connectivity index (χ1) is 15.7. The maximum atomic E-state index is 12.1. The largest absolute Gasteiger partial charge is 0.465 e. The quantitative estimate of drug-likeness (QED) is 0.138. The Bertz CT molecular complexity index is 438. The molecule has 190 valence electrons. The van der Waals surface area contributed by atoms with Crippen LogP contribution in [-0.4, -0.2) is 36.5 Å². The summed E-state index contributed by atoms with van der Waals surface area (Å²) in [5.41, 5.74) is 0. The van der Waals surface area contributed by atoms with Crippen LogP contribution >= 0.6 is 0 Å². The third-order valence-electron chi connectivity index (χ3n) is 6.32. The van der Waals surface area contributed by atoms with Crippen LogP contribution in [0.5, 0.6) is 0 Å². The number of unbranched alkanes of at least 4 members (excludes halogenated alkanes) is 15. The first-order valence-electron chi connectivity index (χ1n) is 14.1. The van der Waals surface area contributed by atoms with E-state index in [1.165, 1.54) is 83.5 Å². The number of ether oxygens (including phenoxy) is 1. The second kappa shape index (κ2) is 23.1. The molecule has 1 atom stereocenters. The lowest BCUT2D eigenvalue weighted by Gasteiger charge is -2.16. The van der Waals surface area contributed by atoms with E-state index in [-0.39, 0.29) is 17.8 Å². The topological polar surface area (TPSA) is 46.6 Å². The summed E-state index contributed by atoms with van der Waals surface area (Å²) in [4.78, 5) is 26.1. The number of esters is 1. The summed E-state index contributed by atoms with van der Waals surface area (Å²) in [5.74, 6) is -0.297. The van der Waals surface area contributed by atoms with Crippen molar-refractivity contribution in [3.8, 4) is 0 Å². The number of likely N-dealkylation sites (tertiary alicyclic amines) is 1. The number of rotatable bonds is 20. The molecule has 4 nitrogen and oxygen atoms in total. The van der Waals surface area contributed by atoms with Crippen LogP contribution in [0.4, 0.5) is 0 Å². The highest BCUT2D eigenvalue weighted by molar-refractivity contribution is 5.86. The molecule has 1 amide bonds. The molecule has 0 bridgehead atoms. The molecule has 0 spiro atoms. The molecule has 0 N–H and O–H groups in total. The van der Waals surface area contributed by atoms with E-state index < -0.39 is 0 Å². The molecule has 32 heavy (non-hydrogen) atoms. The minimum atomic E-state index is -0.245. The zero-order chi connectivity index (χ0) is 23.9. The summed E-state index contributed by atoms with van der Waals surface area (Å²) >= 11 is 0. The standard InChI is InChI=1S/C26H49NO3.C2H6/c1-3-5-7-8-9-10-11-12-13-14-15-16-17-18-20-27-23-24(22-25(27)28)26(29)30-21-19-6-4-2;1-2/h24H,3-23H2,1-2H3;1-2H3. The molecule has 1 unspecified atom stereocenters.